The van der Waals surface area contributed by atoms with E-state index in [9.17, 15) is 8.42 Å². The van der Waals surface area contributed by atoms with E-state index in [1.807, 2.05) is 6.20 Å². The first-order valence-corrected chi connectivity index (χ1v) is 8.75. The van der Waals surface area contributed by atoms with Crippen molar-refractivity contribution in [3.8, 4) is 0 Å². The lowest BCUT2D eigenvalue weighted by Crippen LogP contribution is -2.32. The summed E-state index contributed by atoms with van der Waals surface area (Å²) in [7, 11) is -3.11. The molecule has 0 aromatic carbocycles. The lowest BCUT2D eigenvalue weighted by molar-refractivity contribution is 0.545. The Morgan fingerprint density at radius 1 is 1.40 bits per heavy atom. The van der Waals surface area contributed by atoms with E-state index in [4.69, 9.17) is 0 Å². The molecule has 0 amide bonds. The van der Waals surface area contributed by atoms with Crippen LogP contribution in [0.15, 0.2) is 6.20 Å². The number of nitrogens with zero attached hydrogens (tertiary/aromatic N) is 3. The molecule has 1 aliphatic rings. The Balaban J connectivity index is 1.80. The molecular formula is C13H24N4O2S. The van der Waals surface area contributed by atoms with Gasteiger partial charge in [0.1, 0.15) is 0 Å². The molecule has 1 aromatic heterocycles. The number of aromatic nitrogens is 3. The van der Waals surface area contributed by atoms with Gasteiger partial charge in [0.2, 0.25) is 0 Å². The van der Waals surface area contributed by atoms with Crippen molar-refractivity contribution in [1.82, 2.24) is 20.3 Å². The van der Waals surface area contributed by atoms with Crippen molar-refractivity contribution in [3.05, 3.63) is 11.9 Å². The van der Waals surface area contributed by atoms with Crippen LogP contribution in [0.2, 0.25) is 0 Å². The average molecular weight is 300 g/mol. The van der Waals surface area contributed by atoms with Gasteiger partial charge < -0.3 is 5.32 Å². The first-order valence-electron chi connectivity index (χ1n) is 7.10. The van der Waals surface area contributed by atoms with Crippen LogP contribution in [0, 0.1) is 5.92 Å². The summed E-state index contributed by atoms with van der Waals surface area (Å²) in [6, 6.07) is 0. The van der Waals surface area contributed by atoms with Crippen LogP contribution in [0.1, 0.15) is 39.3 Å². The van der Waals surface area contributed by atoms with Crippen molar-refractivity contribution < 1.29 is 8.42 Å². The van der Waals surface area contributed by atoms with Gasteiger partial charge in [0.25, 0.3) is 0 Å². The Bertz CT molecular complexity index is 541. The molecule has 1 saturated carbocycles. The summed E-state index contributed by atoms with van der Waals surface area (Å²) in [6.07, 6.45) is 4.47. The van der Waals surface area contributed by atoms with Gasteiger partial charge in [-0.25, -0.2) is 8.42 Å². The molecule has 0 unspecified atom stereocenters. The van der Waals surface area contributed by atoms with Gasteiger partial charge in [0.05, 0.1) is 22.7 Å². The van der Waals surface area contributed by atoms with E-state index in [0.717, 1.165) is 18.2 Å². The Kier molecular flexibility index (Phi) is 4.49. The van der Waals surface area contributed by atoms with Crippen molar-refractivity contribution in [3.63, 3.8) is 0 Å². The van der Waals surface area contributed by atoms with E-state index in [-0.39, 0.29) is 5.75 Å². The summed E-state index contributed by atoms with van der Waals surface area (Å²) in [4.78, 5) is 0. The molecule has 1 heterocycles. The van der Waals surface area contributed by atoms with Crippen LogP contribution >= 0.6 is 0 Å². The van der Waals surface area contributed by atoms with Crippen molar-refractivity contribution in [2.24, 2.45) is 5.92 Å². The van der Waals surface area contributed by atoms with Crippen LogP contribution < -0.4 is 5.32 Å². The van der Waals surface area contributed by atoms with E-state index in [0.29, 0.717) is 13.1 Å². The fourth-order valence-electron chi connectivity index (χ4n) is 1.78. The maximum Gasteiger partial charge on any atom is 0.157 e. The minimum Gasteiger partial charge on any atom is -0.311 e. The Labute approximate surface area is 120 Å². The topological polar surface area (TPSA) is 76.9 Å². The molecule has 0 bridgehead atoms. The summed E-state index contributed by atoms with van der Waals surface area (Å²) < 4.78 is 24.9. The van der Waals surface area contributed by atoms with Crippen LogP contribution in [0.3, 0.4) is 0 Å². The largest absolute Gasteiger partial charge is 0.311 e. The highest BCUT2D eigenvalue weighted by Crippen LogP contribution is 2.27. The molecule has 1 fully saturated rings. The summed E-state index contributed by atoms with van der Waals surface area (Å²) in [5.41, 5.74) is 0.860. The zero-order valence-electron chi connectivity index (χ0n) is 12.5. The second-order valence-corrected chi connectivity index (χ2v) is 9.34. The normalized spacial score (nSPS) is 16.6. The van der Waals surface area contributed by atoms with Crippen LogP contribution in [0.5, 0.6) is 0 Å². The lowest BCUT2D eigenvalue weighted by atomic mass is 10.3. The summed E-state index contributed by atoms with van der Waals surface area (Å²) >= 11 is 0. The molecule has 0 radical (unpaired) electrons. The monoisotopic (exact) mass is 300 g/mol. The van der Waals surface area contributed by atoms with Gasteiger partial charge in [-0.05, 0) is 46.1 Å². The number of aryl methyl sites for hydroxylation is 1. The maximum atomic E-state index is 12.0. The van der Waals surface area contributed by atoms with Gasteiger partial charge in [0.15, 0.2) is 9.84 Å². The van der Waals surface area contributed by atoms with Crippen molar-refractivity contribution in [1.29, 1.82) is 0 Å². The third-order valence-corrected chi connectivity index (χ3v) is 6.13. The molecule has 0 saturated heterocycles. The third-order valence-electron chi connectivity index (χ3n) is 3.54. The fourth-order valence-corrected chi connectivity index (χ4v) is 2.81. The second-order valence-electron chi connectivity index (χ2n) is 6.48. The molecule has 1 aliphatic carbocycles. The SMILES string of the molecule is CC(C)(C)S(=O)(=O)CCn1cc(CNCC2CC2)nn1. The van der Waals surface area contributed by atoms with Gasteiger partial charge >= 0.3 is 0 Å². The van der Waals surface area contributed by atoms with Gasteiger partial charge in [-0.15, -0.1) is 5.10 Å². The molecule has 1 N–H and O–H groups in total. The first kappa shape index (κ1) is 15.4. The maximum absolute atomic E-state index is 12.0. The Hall–Kier alpha value is -0.950. The van der Waals surface area contributed by atoms with Gasteiger partial charge in [-0.1, -0.05) is 5.21 Å². The molecular weight excluding hydrogens is 276 g/mol. The van der Waals surface area contributed by atoms with Crippen molar-refractivity contribution in [2.45, 2.75) is 51.4 Å². The van der Waals surface area contributed by atoms with E-state index >= 15 is 0 Å². The number of hydrogen-bond acceptors (Lipinski definition) is 5. The molecule has 0 aliphatic heterocycles. The number of rotatable bonds is 7. The molecule has 114 valence electrons. The highest BCUT2D eigenvalue weighted by Gasteiger charge is 2.28. The molecule has 2 rings (SSSR count). The predicted octanol–water partition coefficient (Wildman–Crippen LogP) is 0.991. The van der Waals surface area contributed by atoms with E-state index in [1.165, 1.54) is 12.8 Å². The van der Waals surface area contributed by atoms with Crippen molar-refractivity contribution >= 4 is 9.84 Å². The minimum atomic E-state index is -3.11. The first-order chi connectivity index (χ1) is 9.28. The molecule has 0 spiro atoms. The van der Waals surface area contributed by atoms with E-state index in [1.54, 1.807) is 25.5 Å². The zero-order chi connectivity index (χ0) is 14.8. The van der Waals surface area contributed by atoms with E-state index < -0.39 is 14.6 Å². The van der Waals surface area contributed by atoms with E-state index in [2.05, 4.69) is 15.6 Å². The predicted molar refractivity (Wildman–Crippen MR) is 78.0 cm³/mol. The third kappa shape index (κ3) is 4.28. The average Bonchev–Trinajstić information content (AvgIpc) is 3.04. The molecule has 20 heavy (non-hydrogen) atoms. The van der Waals surface area contributed by atoms with Gasteiger partial charge in [-0.2, -0.15) is 0 Å². The summed E-state index contributed by atoms with van der Waals surface area (Å²) in [5.74, 6) is 0.927. The fraction of sp³-hybridized carbons (Fsp3) is 0.846. The number of hydrogen-bond donors (Lipinski definition) is 1. The summed E-state index contributed by atoms with van der Waals surface area (Å²) in [5, 5.41) is 11.4. The Morgan fingerprint density at radius 2 is 2.10 bits per heavy atom. The molecule has 0 atom stereocenters. The standard InChI is InChI=1S/C13H24N4O2S/c1-13(2,3)20(18,19)7-6-17-10-12(15-16-17)9-14-8-11-4-5-11/h10-11,14H,4-9H2,1-3H3. The lowest BCUT2D eigenvalue weighted by Gasteiger charge is -2.18. The smallest absolute Gasteiger partial charge is 0.157 e. The van der Waals surface area contributed by atoms with Crippen LogP contribution in [-0.4, -0.2) is 40.5 Å². The molecule has 7 heteroatoms. The highest BCUT2D eigenvalue weighted by molar-refractivity contribution is 7.92. The highest BCUT2D eigenvalue weighted by atomic mass is 32.2. The Morgan fingerprint density at radius 3 is 2.70 bits per heavy atom. The van der Waals surface area contributed by atoms with Crippen LogP contribution in [0.4, 0.5) is 0 Å². The van der Waals surface area contributed by atoms with Gasteiger partial charge in [-0.3, -0.25) is 4.68 Å². The van der Waals surface area contributed by atoms with Gasteiger partial charge in [0, 0.05) is 12.7 Å². The molecule has 6 nitrogen and oxygen atoms in total. The van der Waals surface area contributed by atoms with Crippen molar-refractivity contribution in [2.75, 3.05) is 12.3 Å². The molecule has 1 aromatic rings. The quantitative estimate of drug-likeness (QED) is 0.812. The number of sulfone groups is 1. The van der Waals surface area contributed by atoms with Crippen LogP contribution in [-0.2, 0) is 22.9 Å². The minimum absolute atomic E-state index is 0.0921. The second kappa shape index (κ2) is 5.81. The number of nitrogens with one attached hydrogen (secondary N) is 1. The summed E-state index contributed by atoms with van der Waals surface area (Å²) in [6.45, 7) is 7.24. The zero-order valence-corrected chi connectivity index (χ0v) is 13.3. The van der Waals surface area contributed by atoms with Crippen LogP contribution in [0.25, 0.3) is 0 Å².